The summed E-state index contributed by atoms with van der Waals surface area (Å²) in [7, 11) is 1.62. The van der Waals surface area contributed by atoms with Gasteiger partial charge in [-0.1, -0.05) is 67.9 Å². The van der Waals surface area contributed by atoms with Gasteiger partial charge in [-0.2, -0.15) is 0 Å². The third-order valence-electron chi connectivity index (χ3n) is 7.56. The molecule has 0 saturated carbocycles. The third kappa shape index (κ3) is 5.00. The minimum Gasteiger partial charge on any atom is -0.493 e. The number of ether oxygens (including phenoxy) is 2. The number of hydrogen-bond donors (Lipinski definition) is 1. The van der Waals surface area contributed by atoms with Gasteiger partial charge in [0.2, 0.25) is 0 Å². The molecule has 2 aliphatic carbocycles. The largest absolute Gasteiger partial charge is 0.493 e. The van der Waals surface area contributed by atoms with E-state index < -0.39 is 5.92 Å². The Morgan fingerprint density at radius 1 is 0.865 bits per heavy atom. The molecule has 0 fully saturated rings. The fourth-order valence-corrected chi connectivity index (χ4v) is 6.28. The summed E-state index contributed by atoms with van der Waals surface area (Å²) in [6.45, 7) is 8.85. The first-order chi connectivity index (χ1) is 17.5. The Balaban J connectivity index is 1.66. The van der Waals surface area contributed by atoms with Crippen LogP contribution >= 0.6 is 15.9 Å². The summed E-state index contributed by atoms with van der Waals surface area (Å²) in [6.07, 6.45) is 2.42. The van der Waals surface area contributed by atoms with Crippen LogP contribution in [0, 0.1) is 10.8 Å². The Hall–Kier alpha value is -2.86. The molecule has 1 aliphatic heterocycles. The molecule has 1 N–H and O–H groups in total. The zero-order valence-corrected chi connectivity index (χ0v) is 23.8. The van der Waals surface area contributed by atoms with E-state index in [0.29, 0.717) is 42.1 Å². The molecule has 0 radical (unpaired) electrons. The van der Waals surface area contributed by atoms with Crippen molar-refractivity contribution >= 4 is 27.5 Å². The fraction of sp³-hybridized carbons (Fsp3) is 0.419. The van der Waals surface area contributed by atoms with Gasteiger partial charge in [0.05, 0.1) is 7.11 Å². The maximum absolute atomic E-state index is 13.7. The number of para-hydroxylation sites is 1. The van der Waals surface area contributed by atoms with Crippen LogP contribution in [0.5, 0.6) is 11.5 Å². The lowest BCUT2D eigenvalue weighted by atomic mass is 9.64. The zero-order valence-electron chi connectivity index (χ0n) is 22.2. The molecule has 5 rings (SSSR count). The normalized spacial score (nSPS) is 20.8. The first kappa shape index (κ1) is 25.8. The Morgan fingerprint density at radius 2 is 1.43 bits per heavy atom. The van der Waals surface area contributed by atoms with Crippen molar-refractivity contribution < 1.29 is 19.1 Å². The highest BCUT2D eigenvalue weighted by Crippen LogP contribution is 2.53. The van der Waals surface area contributed by atoms with Gasteiger partial charge < -0.3 is 14.8 Å². The predicted molar refractivity (Wildman–Crippen MR) is 147 cm³/mol. The lowest BCUT2D eigenvalue weighted by Crippen LogP contribution is -2.42. The van der Waals surface area contributed by atoms with Gasteiger partial charge in [-0.25, -0.2) is 0 Å². The van der Waals surface area contributed by atoms with Crippen molar-refractivity contribution in [2.75, 3.05) is 7.11 Å². The molecule has 2 aromatic carbocycles. The first-order valence-electron chi connectivity index (χ1n) is 12.8. The molecule has 0 amide bonds. The third-order valence-corrected chi connectivity index (χ3v) is 8.08. The van der Waals surface area contributed by atoms with Crippen molar-refractivity contribution in [2.45, 2.75) is 65.9 Å². The van der Waals surface area contributed by atoms with E-state index in [1.165, 1.54) is 0 Å². The van der Waals surface area contributed by atoms with Crippen molar-refractivity contribution in [1.29, 1.82) is 0 Å². The average molecular weight is 565 g/mol. The minimum atomic E-state index is -0.478. The predicted octanol–water partition coefficient (Wildman–Crippen LogP) is 7.01. The van der Waals surface area contributed by atoms with E-state index in [-0.39, 0.29) is 22.4 Å². The van der Waals surface area contributed by atoms with Gasteiger partial charge in [0.15, 0.2) is 23.1 Å². The number of carbonyl (C=O) groups is 2. The molecule has 0 atom stereocenters. The van der Waals surface area contributed by atoms with Crippen LogP contribution in [0.15, 0.2) is 69.5 Å². The lowest BCUT2D eigenvalue weighted by Gasteiger charge is -2.44. The number of nitrogens with one attached hydrogen (secondary N) is 1. The van der Waals surface area contributed by atoms with E-state index in [1.54, 1.807) is 7.11 Å². The number of carbonyl (C=O) groups excluding carboxylic acids is 2. The number of benzene rings is 2. The highest BCUT2D eigenvalue weighted by atomic mass is 79.9. The summed E-state index contributed by atoms with van der Waals surface area (Å²) in [4.78, 5) is 27.4. The molecule has 2 aromatic rings. The van der Waals surface area contributed by atoms with Crippen LogP contribution in [0.2, 0.25) is 0 Å². The van der Waals surface area contributed by atoms with Gasteiger partial charge in [-0.05, 0) is 47.4 Å². The van der Waals surface area contributed by atoms with Crippen LogP contribution in [-0.2, 0) is 16.2 Å². The van der Waals surface area contributed by atoms with Crippen molar-refractivity contribution in [3.05, 3.63) is 80.6 Å². The molecule has 37 heavy (non-hydrogen) atoms. The van der Waals surface area contributed by atoms with Gasteiger partial charge in [-0.3, -0.25) is 9.59 Å². The van der Waals surface area contributed by atoms with Crippen molar-refractivity contribution in [3.63, 3.8) is 0 Å². The first-order valence-corrected chi connectivity index (χ1v) is 13.6. The van der Waals surface area contributed by atoms with Gasteiger partial charge in [-0.15, -0.1) is 0 Å². The molecule has 0 saturated heterocycles. The van der Waals surface area contributed by atoms with Crippen LogP contribution in [0.1, 0.15) is 70.4 Å². The van der Waals surface area contributed by atoms with Crippen LogP contribution in [-0.4, -0.2) is 18.7 Å². The Kier molecular flexibility index (Phi) is 6.59. The molecule has 194 valence electrons. The number of allylic oxidation sites excluding steroid dienone is 4. The maximum atomic E-state index is 13.7. The number of halogens is 1. The standard InChI is InChI=1S/C31H34BrNO4/c1-30(2)13-21-27(23(34)15-30)26(28-22(33-21)14-31(3,4)16-24(28)35)20-7-6-8-25(36-5)29(20)37-17-18-9-11-19(32)12-10-18/h6-12,26,33H,13-17H2,1-5H3. The minimum absolute atomic E-state index is 0.0922. The highest BCUT2D eigenvalue weighted by molar-refractivity contribution is 9.10. The topological polar surface area (TPSA) is 64.6 Å². The Labute approximate surface area is 227 Å². The second-order valence-electron chi connectivity index (χ2n) is 12.0. The molecule has 0 aromatic heterocycles. The molecular weight excluding hydrogens is 530 g/mol. The Bertz CT molecular complexity index is 1280. The van der Waals surface area contributed by atoms with Crippen molar-refractivity contribution in [2.24, 2.45) is 10.8 Å². The second-order valence-corrected chi connectivity index (χ2v) is 12.9. The maximum Gasteiger partial charge on any atom is 0.165 e. The average Bonchev–Trinajstić information content (AvgIpc) is 2.80. The molecule has 3 aliphatic rings. The van der Waals surface area contributed by atoms with E-state index in [0.717, 1.165) is 39.8 Å². The smallest absolute Gasteiger partial charge is 0.165 e. The van der Waals surface area contributed by atoms with Crippen LogP contribution < -0.4 is 14.8 Å². The molecule has 0 bridgehead atoms. The number of rotatable bonds is 5. The van der Waals surface area contributed by atoms with Gasteiger partial charge >= 0.3 is 0 Å². The molecule has 0 unspecified atom stereocenters. The lowest BCUT2D eigenvalue weighted by molar-refractivity contribution is -0.119. The van der Waals surface area contributed by atoms with E-state index in [4.69, 9.17) is 9.47 Å². The van der Waals surface area contributed by atoms with E-state index in [9.17, 15) is 9.59 Å². The molecule has 0 spiro atoms. The van der Waals surface area contributed by atoms with Gasteiger partial charge in [0.1, 0.15) is 6.61 Å². The van der Waals surface area contributed by atoms with Gasteiger partial charge in [0.25, 0.3) is 0 Å². The Morgan fingerprint density at radius 3 is 1.97 bits per heavy atom. The summed E-state index contributed by atoms with van der Waals surface area (Å²) >= 11 is 3.48. The van der Waals surface area contributed by atoms with Crippen molar-refractivity contribution in [1.82, 2.24) is 5.32 Å². The number of methoxy groups -OCH3 is 1. The summed E-state index contributed by atoms with van der Waals surface area (Å²) < 4.78 is 13.1. The van der Waals surface area contributed by atoms with E-state index >= 15 is 0 Å². The summed E-state index contributed by atoms with van der Waals surface area (Å²) in [5.41, 5.74) is 4.81. The highest BCUT2D eigenvalue weighted by Gasteiger charge is 2.47. The molecule has 5 nitrogen and oxygen atoms in total. The number of ketones is 2. The van der Waals surface area contributed by atoms with Gasteiger partial charge in [0, 0.05) is 51.3 Å². The number of dihydropyridines is 1. The summed E-state index contributed by atoms with van der Waals surface area (Å²) in [5, 5.41) is 3.58. The van der Waals surface area contributed by atoms with E-state index in [2.05, 4.69) is 48.9 Å². The molecule has 1 heterocycles. The van der Waals surface area contributed by atoms with Crippen LogP contribution in [0.25, 0.3) is 0 Å². The van der Waals surface area contributed by atoms with Crippen LogP contribution in [0.3, 0.4) is 0 Å². The zero-order chi connectivity index (χ0) is 26.5. The van der Waals surface area contributed by atoms with E-state index in [1.807, 2.05) is 42.5 Å². The summed E-state index contributed by atoms with van der Waals surface area (Å²) in [6, 6.07) is 13.7. The fourth-order valence-electron chi connectivity index (χ4n) is 6.01. The molecular formula is C31H34BrNO4. The number of hydrogen-bond acceptors (Lipinski definition) is 5. The molecule has 6 heteroatoms. The quantitative estimate of drug-likeness (QED) is 0.423. The summed E-state index contributed by atoms with van der Waals surface area (Å²) in [5.74, 6) is 0.871. The monoisotopic (exact) mass is 563 g/mol. The van der Waals surface area contributed by atoms with Crippen LogP contribution in [0.4, 0.5) is 0 Å². The number of Topliss-reactive ketones (excluding diaryl/α,β-unsaturated/α-hetero) is 2. The van der Waals surface area contributed by atoms with Crippen molar-refractivity contribution in [3.8, 4) is 11.5 Å². The second kappa shape index (κ2) is 9.46. The SMILES string of the molecule is COc1cccc(C2C3=C(CC(C)(C)CC3=O)NC3=C2C(=O)CC(C)(C)C3)c1OCc1ccc(Br)cc1.